The second-order valence-corrected chi connectivity index (χ2v) is 5.21. The van der Waals surface area contributed by atoms with Crippen LogP contribution >= 0.6 is 12.2 Å². The lowest BCUT2D eigenvalue weighted by Crippen LogP contribution is -2.23. The maximum absolute atomic E-state index is 5.72. The molecule has 0 aliphatic carbocycles. The molecule has 0 saturated heterocycles. The fourth-order valence-corrected chi connectivity index (χ4v) is 2.04. The van der Waals surface area contributed by atoms with Crippen molar-refractivity contribution in [2.75, 3.05) is 13.7 Å². The first kappa shape index (κ1) is 15.8. The standard InChI is InChI=1S/C15H23NO2S/c1-5-8-18-13-7-6-12(9-14(13)17-4)10(2)11(3)15(16)19/h6-7,9-11H,5,8H2,1-4H3,(H2,16,19). The fourth-order valence-electron chi connectivity index (χ4n) is 1.83. The molecule has 0 spiro atoms. The van der Waals surface area contributed by atoms with E-state index >= 15 is 0 Å². The minimum absolute atomic E-state index is 0.155. The van der Waals surface area contributed by atoms with Crippen molar-refractivity contribution in [3.8, 4) is 11.5 Å². The Morgan fingerprint density at radius 1 is 1.32 bits per heavy atom. The molecule has 1 rings (SSSR count). The van der Waals surface area contributed by atoms with Crippen molar-refractivity contribution in [3.05, 3.63) is 23.8 Å². The molecule has 0 radical (unpaired) electrons. The molecule has 1 aromatic rings. The van der Waals surface area contributed by atoms with E-state index in [4.69, 9.17) is 27.4 Å². The van der Waals surface area contributed by atoms with Crippen molar-refractivity contribution in [1.82, 2.24) is 0 Å². The summed E-state index contributed by atoms with van der Waals surface area (Å²) >= 11 is 5.06. The Morgan fingerprint density at radius 2 is 2.00 bits per heavy atom. The first-order valence-corrected chi connectivity index (χ1v) is 7.02. The molecule has 0 aliphatic heterocycles. The van der Waals surface area contributed by atoms with Crippen LogP contribution in [0.25, 0.3) is 0 Å². The molecule has 0 amide bonds. The van der Waals surface area contributed by atoms with E-state index < -0.39 is 0 Å². The van der Waals surface area contributed by atoms with Gasteiger partial charge in [0.15, 0.2) is 11.5 Å². The summed E-state index contributed by atoms with van der Waals surface area (Å²) in [7, 11) is 1.65. The number of hydrogen-bond donors (Lipinski definition) is 1. The lowest BCUT2D eigenvalue weighted by molar-refractivity contribution is 0.294. The number of thiocarbonyl (C=S) groups is 1. The molecule has 0 bridgehead atoms. The summed E-state index contributed by atoms with van der Waals surface area (Å²) in [6.07, 6.45) is 0.972. The van der Waals surface area contributed by atoms with Gasteiger partial charge in [-0.15, -0.1) is 0 Å². The minimum Gasteiger partial charge on any atom is -0.493 e. The Balaban J connectivity index is 2.95. The van der Waals surface area contributed by atoms with Gasteiger partial charge in [-0.05, 0) is 30.0 Å². The van der Waals surface area contributed by atoms with Crippen molar-refractivity contribution in [2.45, 2.75) is 33.1 Å². The zero-order valence-electron chi connectivity index (χ0n) is 12.1. The SMILES string of the molecule is CCCOc1ccc(C(C)C(C)C(N)=S)cc1OC. The van der Waals surface area contributed by atoms with Crippen molar-refractivity contribution < 1.29 is 9.47 Å². The van der Waals surface area contributed by atoms with E-state index in [9.17, 15) is 0 Å². The van der Waals surface area contributed by atoms with Crippen molar-refractivity contribution in [2.24, 2.45) is 11.7 Å². The van der Waals surface area contributed by atoms with Gasteiger partial charge in [0.25, 0.3) is 0 Å². The first-order chi connectivity index (χ1) is 9.01. The van der Waals surface area contributed by atoms with Gasteiger partial charge in [0.1, 0.15) is 0 Å². The minimum atomic E-state index is 0.155. The van der Waals surface area contributed by atoms with E-state index in [1.54, 1.807) is 7.11 Å². The monoisotopic (exact) mass is 281 g/mol. The molecule has 4 heteroatoms. The summed E-state index contributed by atoms with van der Waals surface area (Å²) in [5, 5.41) is 0. The molecule has 3 nitrogen and oxygen atoms in total. The first-order valence-electron chi connectivity index (χ1n) is 6.61. The highest BCUT2D eigenvalue weighted by Gasteiger charge is 2.18. The summed E-state index contributed by atoms with van der Waals surface area (Å²) in [5.41, 5.74) is 6.87. The Bertz CT molecular complexity index is 434. The van der Waals surface area contributed by atoms with E-state index in [1.807, 2.05) is 25.1 Å². The van der Waals surface area contributed by atoms with Crippen molar-refractivity contribution in [1.29, 1.82) is 0 Å². The molecule has 2 N–H and O–H groups in total. The highest BCUT2D eigenvalue weighted by molar-refractivity contribution is 7.80. The lowest BCUT2D eigenvalue weighted by Gasteiger charge is -2.20. The lowest BCUT2D eigenvalue weighted by atomic mass is 9.89. The van der Waals surface area contributed by atoms with Gasteiger partial charge in [-0.1, -0.05) is 39.1 Å². The smallest absolute Gasteiger partial charge is 0.161 e. The maximum atomic E-state index is 5.72. The van der Waals surface area contributed by atoms with Gasteiger partial charge >= 0.3 is 0 Å². The third kappa shape index (κ3) is 4.10. The second kappa shape index (κ2) is 7.34. The zero-order chi connectivity index (χ0) is 14.4. The summed E-state index contributed by atoms with van der Waals surface area (Å²) in [4.78, 5) is 0.540. The fraction of sp³-hybridized carbons (Fsp3) is 0.533. The molecule has 19 heavy (non-hydrogen) atoms. The van der Waals surface area contributed by atoms with Gasteiger partial charge < -0.3 is 15.2 Å². The Hall–Kier alpha value is -1.29. The number of hydrogen-bond acceptors (Lipinski definition) is 3. The predicted octanol–water partition coefficient (Wildman–Crippen LogP) is 3.51. The van der Waals surface area contributed by atoms with Crippen LogP contribution < -0.4 is 15.2 Å². The Labute approximate surface area is 121 Å². The largest absolute Gasteiger partial charge is 0.493 e. The molecule has 2 unspecified atom stereocenters. The molecular weight excluding hydrogens is 258 g/mol. The van der Waals surface area contributed by atoms with Gasteiger partial charge in [-0.3, -0.25) is 0 Å². The van der Waals surface area contributed by atoms with Crippen LogP contribution in [0.1, 0.15) is 38.7 Å². The van der Waals surface area contributed by atoms with Gasteiger partial charge in [0.05, 0.1) is 18.7 Å². The Morgan fingerprint density at radius 3 is 2.53 bits per heavy atom. The number of ether oxygens (including phenoxy) is 2. The van der Waals surface area contributed by atoms with Crippen LogP contribution in [0.3, 0.4) is 0 Å². The van der Waals surface area contributed by atoms with E-state index in [1.165, 1.54) is 0 Å². The van der Waals surface area contributed by atoms with Crippen molar-refractivity contribution >= 4 is 17.2 Å². The van der Waals surface area contributed by atoms with Gasteiger partial charge in [0.2, 0.25) is 0 Å². The molecule has 0 saturated carbocycles. The van der Waals surface area contributed by atoms with Crippen LogP contribution in [0.15, 0.2) is 18.2 Å². The molecule has 2 atom stereocenters. The molecule has 0 aliphatic rings. The van der Waals surface area contributed by atoms with Gasteiger partial charge in [-0.2, -0.15) is 0 Å². The zero-order valence-corrected chi connectivity index (χ0v) is 12.9. The van der Waals surface area contributed by atoms with E-state index in [-0.39, 0.29) is 11.8 Å². The average Bonchev–Trinajstić information content (AvgIpc) is 2.43. The van der Waals surface area contributed by atoms with Gasteiger partial charge in [0, 0.05) is 5.92 Å². The maximum Gasteiger partial charge on any atom is 0.161 e. The molecular formula is C15H23NO2S. The van der Waals surface area contributed by atoms with Crippen LogP contribution in [0.5, 0.6) is 11.5 Å². The van der Waals surface area contributed by atoms with Crippen LogP contribution in [0.4, 0.5) is 0 Å². The number of rotatable bonds is 7. The Kier molecular flexibility index (Phi) is 6.09. The topological polar surface area (TPSA) is 44.5 Å². The van der Waals surface area contributed by atoms with E-state index in [2.05, 4.69) is 13.8 Å². The second-order valence-electron chi connectivity index (χ2n) is 4.74. The van der Waals surface area contributed by atoms with E-state index in [0.717, 1.165) is 23.5 Å². The predicted molar refractivity (Wildman–Crippen MR) is 83.1 cm³/mol. The molecule has 1 aromatic carbocycles. The number of nitrogens with two attached hydrogens (primary N) is 1. The van der Waals surface area contributed by atoms with Crippen LogP contribution in [-0.4, -0.2) is 18.7 Å². The number of methoxy groups -OCH3 is 1. The summed E-state index contributed by atoms with van der Waals surface area (Å²) in [5.74, 6) is 1.95. The molecule has 0 aromatic heterocycles. The van der Waals surface area contributed by atoms with E-state index in [0.29, 0.717) is 11.6 Å². The quantitative estimate of drug-likeness (QED) is 0.777. The van der Waals surface area contributed by atoms with Gasteiger partial charge in [-0.25, -0.2) is 0 Å². The van der Waals surface area contributed by atoms with Crippen molar-refractivity contribution in [3.63, 3.8) is 0 Å². The van der Waals surface area contributed by atoms with Crippen LogP contribution in [-0.2, 0) is 0 Å². The average molecular weight is 281 g/mol. The highest BCUT2D eigenvalue weighted by Crippen LogP contribution is 2.33. The third-order valence-corrected chi connectivity index (χ3v) is 3.75. The molecule has 106 valence electrons. The molecule has 0 fully saturated rings. The summed E-state index contributed by atoms with van der Waals surface area (Å²) in [6.45, 7) is 6.92. The van der Waals surface area contributed by atoms with Crippen LogP contribution in [0, 0.1) is 5.92 Å². The normalized spacial score (nSPS) is 13.7. The summed E-state index contributed by atoms with van der Waals surface area (Å²) < 4.78 is 11.0. The summed E-state index contributed by atoms with van der Waals surface area (Å²) in [6, 6.07) is 6.00. The molecule has 0 heterocycles. The number of benzene rings is 1. The van der Waals surface area contributed by atoms with Crippen LogP contribution in [0.2, 0.25) is 0 Å². The third-order valence-electron chi connectivity index (χ3n) is 3.37. The highest BCUT2D eigenvalue weighted by atomic mass is 32.1.